The van der Waals surface area contributed by atoms with Crippen molar-refractivity contribution in [1.82, 2.24) is 9.80 Å². The standard InChI is InChI=1S/C15H23N2O2/c1-4-17(5-2)11-10-16(3)15(19)14-9-7-6-8-13(14)12-18/h6-9H,4-5,10-12H2,1-3H3. The van der Waals surface area contributed by atoms with E-state index in [2.05, 4.69) is 18.7 Å². The molecule has 4 heteroatoms. The number of benzene rings is 1. The lowest BCUT2D eigenvalue weighted by atomic mass is 10.1. The molecule has 0 heterocycles. The summed E-state index contributed by atoms with van der Waals surface area (Å²) in [7, 11) is 1.79. The third-order valence-electron chi connectivity index (χ3n) is 3.40. The molecule has 0 aliphatic carbocycles. The van der Waals surface area contributed by atoms with Crippen LogP contribution in [0.5, 0.6) is 0 Å². The molecule has 0 bridgehead atoms. The van der Waals surface area contributed by atoms with Gasteiger partial charge in [0.2, 0.25) is 0 Å². The zero-order chi connectivity index (χ0) is 14.3. The second kappa shape index (κ2) is 7.92. The van der Waals surface area contributed by atoms with Crippen molar-refractivity contribution in [2.75, 3.05) is 33.2 Å². The molecule has 0 atom stereocenters. The van der Waals surface area contributed by atoms with Gasteiger partial charge in [-0.15, -0.1) is 0 Å². The van der Waals surface area contributed by atoms with Crippen LogP contribution in [-0.2, 0) is 11.7 Å². The number of carbonyl (C=O) groups is 1. The Kier molecular flexibility index (Phi) is 6.53. The van der Waals surface area contributed by atoms with Gasteiger partial charge in [0.1, 0.15) is 6.61 Å². The molecule has 1 rings (SSSR count). The van der Waals surface area contributed by atoms with Gasteiger partial charge in [-0.25, -0.2) is 5.11 Å². The summed E-state index contributed by atoms with van der Waals surface area (Å²) in [6.45, 7) is 7.36. The quantitative estimate of drug-likeness (QED) is 0.755. The summed E-state index contributed by atoms with van der Waals surface area (Å²) in [5, 5.41) is 11.1. The fraction of sp³-hybridized carbons (Fsp3) is 0.533. The van der Waals surface area contributed by atoms with Crippen molar-refractivity contribution in [2.45, 2.75) is 20.5 Å². The molecule has 19 heavy (non-hydrogen) atoms. The van der Waals surface area contributed by atoms with Gasteiger partial charge in [0, 0.05) is 25.7 Å². The van der Waals surface area contributed by atoms with Crippen LogP contribution in [0.1, 0.15) is 29.8 Å². The molecule has 0 unspecified atom stereocenters. The van der Waals surface area contributed by atoms with E-state index in [0.717, 1.165) is 19.6 Å². The first-order valence-electron chi connectivity index (χ1n) is 6.77. The highest BCUT2D eigenvalue weighted by Crippen LogP contribution is 2.11. The van der Waals surface area contributed by atoms with Crippen LogP contribution in [0.2, 0.25) is 0 Å². The summed E-state index contributed by atoms with van der Waals surface area (Å²) in [6, 6.07) is 7.03. The van der Waals surface area contributed by atoms with Crippen molar-refractivity contribution < 1.29 is 9.90 Å². The van der Waals surface area contributed by atoms with Crippen molar-refractivity contribution in [1.29, 1.82) is 0 Å². The maximum absolute atomic E-state index is 12.3. The Morgan fingerprint density at radius 2 is 1.74 bits per heavy atom. The molecule has 0 aromatic heterocycles. The van der Waals surface area contributed by atoms with Crippen LogP contribution < -0.4 is 0 Å². The van der Waals surface area contributed by atoms with Crippen molar-refractivity contribution in [3.05, 3.63) is 35.4 Å². The van der Waals surface area contributed by atoms with E-state index in [9.17, 15) is 9.90 Å². The average molecular weight is 263 g/mol. The highest BCUT2D eigenvalue weighted by atomic mass is 16.3. The van der Waals surface area contributed by atoms with Crippen LogP contribution in [-0.4, -0.2) is 48.9 Å². The average Bonchev–Trinajstić information content (AvgIpc) is 2.47. The second-order valence-electron chi connectivity index (χ2n) is 4.56. The smallest absolute Gasteiger partial charge is 0.254 e. The minimum absolute atomic E-state index is 0.0707. The highest BCUT2D eigenvalue weighted by Gasteiger charge is 2.15. The fourth-order valence-corrected chi connectivity index (χ4v) is 1.99. The molecule has 1 amide bonds. The molecule has 0 N–H and O–H groups in total. The summed E-state index contributed by atoms with van der Waals surface area (Å²) in [4.78, 5) is 16.2. The van der Waals surface area contributed by atoms with Crippen LogP contribution in [0, 0.1) is 0 Å². The van der Waals surface area contributed by atoms with Crippen molar-refractivity contribution in [3.8, 4) is 0 Å². The Bertz CT molecular complexity index is 403. The van der Waals surface area contributed by atoms with Crippen molar-refractivity contribution in [3.63, 3.8) is 0 Å². The number of carbonyl (C=O) groups excluding carboxylic acids is 1. The molecule has 0 aliphatic heterocycles. The summed E-state index contributed by atoms with van der Waals surface area (Å²) < 4.78 is 0. The number of nitrogens with zero attached hydrogens (tertiary/aromatic N) is 2. The number of amides is 1. The van der Waals surface area contributed by atoms with Crippen LogP contribution in [0.15, 0.2) is 24.3 Å². The second-order valence-corrected chi connectivity index (χ2v) is 4.56. The number of hydrogen-bond donors (Lipinski definition) is 0. The topological polar surface area (TPSA) is 43.5 Å². The molecule has 1 aromatic carbocycles. The normalized spacial score (nSPS) is 10.8. The Hall–Kier alpha value is -1.39. The molecule has 1 aromatic rings. The molecule has 105 valence electrons. The Balaban J connectivity index is 2.66. The molecule has 0 spiro atoms. The van der Waals surface area contributed by atoms with E-state index < -0.39 is 0 Å². The molecule has 4 nitrogen and oxygen atoms in total. The number of rotatable bonds is 7. The Labute approximate surface area is 115 Å². The Morgan fingerprint density at radius 3 is 2.32 bits per heavy atom. The summed E-state index contributed by atoms with van der Waals surface area (Å²) in [5.74, 6) is -0.0707. The van der Waals surface area contributed by atoms with E-state index in [1.54, 1.807) is 36.2 Å². The minimum Gasteiger partial charge on any atom is -0.340 e. The van der Waals surface area contributed by atoms with E-state index in [1.165, 1.54) is 0 Å². The first-order valence-corrected chi connectivity index (χ1v) is 6.77. The van der Waals surface area contributed by atoms with Gasteiger partial charge in [0.25, 0.3) is 5.91 Å². The summed E-state index contributed by atoms with van der Waals surface area (Å²) in [6.07, 6.45) is 0. The third-order valence-corrected chi connectivity index (χ3v) is 3.40. The minimum atomic E-state index is -0.355. The van der Waals surface area contributed by atoms with Crippen LogP contribution in [0.4, 0.5) is 0 Å². The van der Waals surface area contributed by atoms with Crippen LogP contribution in [0.3, 0.4) is 0 Å². The van der Waals surface area contributed by atoms with Gasteiger partial charge in [-0.2, -0.15) is 0 Å². The fourth-order valence-electron chi connectivity index (χ4n) is 1.99. The van der Waals surface area contributed by atoms with Crippen molar-refractivity contribution >= 4 is 5.91 Å². The lowest BCUT2D eigenvalue weighted by Crippen LogP contribution is -2.36. The molecule has 0 saturated heterocycles. The Morgan fingerprint density at radius 1 is 1.11 bits per heavy atom. The zero-order valence-corrected chi connectivity index (χ0v) is 12.1. The van der Waals surface area contributed by atoms with E-state index >= 15 is 0 Å². The number of likely N-dealkylation sites (N-methyl/N-ethyl adjacent to an activating group) is 2. The predicted molar refractivity (Wildman–Crippen MR) is 75.6 cm³/mol. The number of hydrogen-bond acceptors (Lipinski definition) is 2. The van der Waals surface area contributed by atoms with Crippen LogP contribution in [0.25, 0.3) is 0 Å². The molecule has 0 aliphatic rings. The van der Waals surface area contributed by atoms with Crippen molar-refractivity contribution in [2.24, 2.45) is 0 Å². The zero-order valence-electron chi connectivity index (χ0n) is 12.1. The van der Waals surface area contributed by atoms with E-state index in [4.69, 9.17) is 0 Å². The van der Waals surface area contributed by atoms with Gasteiger partial charge in [-0.1, -0.05) is 32.0 Å². The lowest BCUT2D eigenvalue weighted by Gasteiger charge is -2.23. The lowest BCUT2D eigenvalue weighted by molar-refractivity contribution is 0.0773. The molecular formula is C15H23N2O2. The van der Waals surface area contributed by atoms with Gasteiger partial charge >= 0.3 is 0 Å². The van der Waals surface area contributed by atoms with Gasteiger partial charge in [0.15, 0.2) is 0 Å². The first kappa shape index (κ1) is 15.7. The maximum Gasteiger partial charge on any atom is 0.254 e. The highest BCUT2D eigenvalue weighted by molar-refractivity contribution is 5.95. The van der Waals surface area contributed by atoms with Gasteiger partial charge < -0.3 is 9.80 Å². The van der Waals surface area contributed by atoms with Crippen LogP contribution >= 0.6 is 0 Å². The molecule has 0 fully saturated rings. The monoisotopic (exact) mass is 263 g/mol. The van der Waals surface area contributed by atoms with Gasteiger partial charge in [-0.3, -0.25) is 4.79 Å². The summed E-state index contributed by atoms with van der Waals surface area (Å²) in [5.41, 5.74) is 1.10. The van der Waals surface area contributed by atoms with E-state index in [0.29, 0.717) is 17.7 Å². The van der Waals surface area contributed by atoms with E-state index in [-0.39, 0.29) is 12.5 Å². The molecule has 1 radical (unpaired) electrons. The summed E-state index contributed by atoms with van der Waals surface area (Å²) >= 11 is 0. The predicted octanol–water partition coefficient (Wildman–Crippen LogP) is 2.03. The SMILES string of the molecule is CCN(CC)CCN(C)C(=O)c1ccccc1C[O]. The molecule has 0 saturated carbocycles. The largest absolute Gasteiger partial charge is 0.340 e. The molecular weight excluding hydrogens is 240 g/mol. The van der Waals surface area contributed by atoms with Gasteiger partial charge in [-0.05, 0) is 24.7 Å². The van der Waals surface area contributed by atoms with Gasteiger partial charge in [0.05, 0.1) is 0 Å². The third kappa shape index (κ3) is 4.33. The first-order chi connectivity index (χ1) is 9.13. The van der Waals surface area contributed by atoms with E-state index in [1.807, 2.05) is 0 Å². The maximum atomic E-state index is 12.3.